The molecule has 35 heavy (non-hydrogen) atoms. The third-order valence-corrected chi connectivity index (χ3v) is 6.20. The number of methoxy groups -OCH3 is 1. The molecule has 1 saturated heterocycles. The SMILES string of the molecule is COCCCNC(=O)C(=O)NCC(c1ccc2c(c1)OCO2)N1CCN(c2ccc(F)cc2)CC1. The number of carbonyl (C=O) groups excluding carboxylic acids is 2. The quantitative estimate of drug-likeness (QED) is 0.412. The Labute approximate surface area is 204 Å². The first kappa shape index (κ1) is 24.7. The number of nitrogens with zero attached hydrogens (tertiary/aromatic N) is 2. The lowest BCUT2D eigenvalue weighted by Gasteiger charge is -2.40. The number of hydrogen-bond donors (Lipinski definition) is 2. The summed E-state index contributed by atoms with van der Waals surface area (Å²) in [6, 6.07) is 12.1. The normalized spacial score (nSPS) is 16.1. The van der Waals surface area contributed by atoms with E-state index in [4.69, 9.17) is 14.2 Å². The first-order chi connectivity index (χ1) is 17.0. The van der Waals surface area contributed by atoms with Crippen LogP contribution in [-0.4, -0.2) is 76.5 Å². The Hall–Kier alpha value is -3.37. The van der Waals surface area contributed by atoms with E-state index in [-0.39, 0.29) is 25.2 Å². The molecule has 0 aliphatic carbocycles. The second kappa shape index (κ2) is 11.9. The number of halogens is 1. The molecule has 2 N–H and O–H groups in total. The Morgan fingerprint density at radius 2 is 1.71 bits per heavy atom. The van der Waals surface area contributed by atoms with Crippen LogP contribution in [0.15, 0.2) is 42.5 Å². The molecule has 10 heteroatoms. The molecule has 2 aromatic rings. The van der Waals surface area contributed by atoms with E-state index >= 15 is 0 Å². The van der Waals surface area contributed by atoms with Crippen molar-refractivity contribution in [3.8, 4) is 11.5 Å². The highest BCUT2D eigenvalue weighted by Crippen LogP contribution is 2.35. The summed E-state index contributed by atoms with van der Waals surface area (Å²) in [6.45, 7) is 4.29. The Kier molecular flexibility index (Phi) is 8.38. The van der Waals surface area contributed by atoms with Gasteiger partial charge in [0.2, 0.25) is 6.79 Å². The number of piperazine rings is 1. The van der Waals surface area contributed by atoms with E-state index < -0.39 is 11.8 Å². The lowest BCUT2D eigenvalue weighted by atomic mass is 10.0. The van der Waals surface area contributed by atoms with Crippen molar-refractivity contribution in [1.82, 2.24) is 15.5 Å². The highest BCUT2D eigenvalue weighted by atomic mass is 19.1. The Morgan fingerprint density at radius 1 is 1.00 bits per heavy atom. The van der Waals surface area contributed by atoms with Crippen molar-refractivity contribution in [1.29, 1.82) is 0 Å². The van der Waals surface area contributed by atoms with E-state index in [0.29, 0.717) is 31.1 Å². The minimum Gasteiger partial charge on any atom is -0.454 e. The van der Waals surface area contributed by atoms with Crippen LogP contribution in [0.5, 0.6) is 11.5 Å². The third kappa shape index (κ3) is 6.40. The highest BCUT2D eigenvalue weighted by Gasteiger charge is 2.28. The van der Waals surface area contributed by atoms with Crippen LogP contribution in [0.4, 0.5) is 10.1 Å². The molecule has 2 amide bonds. The first-order valence-electron chi connectivity index (χ1n) is 11.7. The van der Waals surface area contributed by atoms with Gasteiger partial charge >= 0.3 is 11.8 Å². The van der Waals surface area contributed by atoms with Gasteiger partial charge in [-0.2, -0.15) is 0 Å². The van der Waals surface area contributed by atoms with Crippen LogP contribution in [0.25, 0.3) is 0 Å². The number of benzene rings is 2. The molecule has 0 aromatic heterocycles. The van der Waals surface area contributed by atoms with Crippen LogP contribution in [0.2, 0.25) is 0 Å². The Bertz CT molecular complexity index is 1010. The number of amides is 2. The minimum absolute atomic E-state index is 0.162. The molecule has 2 aromatic carbocycles. The van der Waals surface area contributed by atoms with Crippen molar-refractivity contribution in [2.45, 2.75) is 12.5 Å². The second-order valence-corrected chi connectivity index (χ2v) is 8.44. The fraction of sp³-hybridized carbons (Fsp3) is 0.440. The zero-order chi connectivity index (χ0) is 24.6. The number of hydrogen-bond acceptors (Lipinski definition) is 7. The fourth-order valence-electron chi connectivity index (χ4n) is 4.29. The van der Waals surface area contributed by atoms with Crippen molar-refractivity contribution >= 4 is 17.5 Å². The number of rotatable bonds is 9. The largest absolute Gasteiger partial charge is 0.454 e. The van der Waals surface area contributed by atoms with Gasteiger partial charge in [-0.3, -0.25) is 14.5 Å². The number of fused-ring (bicyclic) bond motifs is 1. The lowest BCUT2D eigenvalue weighted by Crippen LogP contribution is -2.51. The molecule has 1 atom stereocenters. The topological polar surface area (TPSA) is 92.4 Å². The lowest BCUT2D eigenvalue weighted by molar-refractivity contribution is -0.139. The summed E-state index contributed by atoms with van der Waals surface area (Å²) >= 11 is 0. The maximum atomic E-state index is 13.3. The van der Waals surface area contributed by atoms with Gasteiger partial charge in [-0.05, 0) is 48.4 Å². The van der Waals surface area contributed by atoms with Gasteiger partial charge in [0, 0.05) is 58.7 Å². The van der Waals surface area contributed by atoms with E-state index in [0.717, 1.165) is 37.4 Å². The molecule has 0 saturated carbocycles. The predicted octanol–water partition coefficient (Wildman–Crippen LogP) is 1.69. The molecule has 1 unspecified atom stereocenters. The number of anilines is 1. The molecule has 188 valence electrons. The van der Waals surface area contributed by atoms with Crippen molar-refractivity contribution < 1.29 is 28.2 Å². The zero-order valence-electron chi connectivity index (χ0n) is 19.8. The number of carbonyl (C=O) groups is 2. The summed E-state index contributed by atoms with van der Waals surface area (Å²) in [6.07, 6.45) is 0.633. The van der Waals surface area contributed by atoms with Gasteiger partial charge in [-0.25, -0.2) is 4.39 Å². The van der Waals surface area contributed by atoms with Crippen molar-refractivity contribution in [2.75, 3.05) is 64.7 Å². The first-order valence-corrected chi connectivity index (χ1v) is 11.7. The van der Waals surface area contributed by atoms with Crippen molar-refractivity contribution in [3.63, 3.8) is 0 Å². The van der Waals surface area contributed by atoms with Gasteiger partial charge in [0.25, 0.3) is 0 Å². The van der Waals surface area contributed by atoms with Gasteiger partial charge in [-0.15, -0.1) is 0 Å². The molecule has 9 nitrogen and oxygen atoms in total. The van der Waals surface area contributed by atoms with E-state index in [2.05, 4.69) is 20.4 Å². The van der Waals surface area contributed by atoms with Gasteiger partial charge < -0.3 is 29.7 Å². The average molecular weight is 487 g/mol. The molecular formula is C25H31FN4O5. The molecule has 0 radical (unpaired) electrons. The monoisotopic (exact) mass is 486 g/mol. The van der Waals surface area contributed by atoms with Crippen LogP contribution in [0.1, 0.15) is 18.0 Å². The summed E-state index contributed by atoms with van der Waals surface area (Å²) in [7, 11) is 1.59. The van der Waals surface area contributed by atoms with Crippen LogP contribution >= 0.6 is 0 Å². The van der Waals surface area contributed by atoms with E-state index in [1.165, 1.54) is 12.1 Å². The minimum atomic E-state index is -0.668. The maximum Gasteiger partial charge on any atom is 0.309 e. The molecule has 1 fully saturated rings. The van der Waals surface area contributed by atoms with Crippen LogP contribution in [0.3, 0.4) is 0 Å². The van der Waals surface area contributed by atoms with Gasteiger partial charge in [-0.1, -0.05) is 6.07 Å². The van der Waals surface area contributed by atoms with E-state index in [1.807, 2.05) is 18.2 Å². The number of nitrogens with one attached hydrogen (secondary N) is 2. The molecule has 2 aliphatic heterocycles. The van der Waals surface area contributed by atoms with Crippen LogP contribution in [0, 0.1) is 5.82 Å². The molecule has 0 bridgehead atoms. The fourth-order valence-corrected chi connectivity index (χ4v) is 4.29. The average Bonchev–Trinajstić information content (AvgIpc) is 3.35. The molecule has 4 rings (SSSR count). The van der Waals surface area contributed by atoms with E-state index in [9.17, 15) is 14.0 Å². The molecular weight excluding hydrogens is 455 g/mol. The second-order valence-electron chi connectivity index (χ2n) is 8.44. The summed E-state index contributed by atoms with van der Waals surface area (Å²) in [4.78, 5) is 29.1. The Morgan fingerprint density at radius 3 is 2.46 bits per heavy atom. The Balaban J connectivity index is 1.41. The third-order valence-electron chi connectivity index (χ3n) is 6.20. The molecule has 0 spiro atoms. The van der Waals surface area contributed by atoms with Gasteiger partial charge in [0.1, 0.15) is 5.82 Å². The predicted molar refractivity (Wildman–Crippen MR) is 128 cm³/mol. The molecule has 2 heterocycles. The molecule has 2 aliphatic rings. The summed E-state index contributed by atoms with van der Waals surface area (Å²) in [5.74, 6) is -0.230. The van der Waals surface area contributed by atoms with Crippen LogP contribution in [-0.2, 0) is 14.3 Å². The smallest absolute Gasteiger partial charge is 0.309 e. The van der Waals surface area contributed by atoms with Crippen molar-refractivity contribution in [2.24, 2.45) is 0 Å². The summed E-state index contributed by atoms with van der Waals surface area (Å²) in [5, 5.41) is 5.39. The van der Waals surface area contributed by atoms with Crippen LogP contribution < -0.4 is 25.0 Å². The summed E-state index contributed by atoms with van der Waals surface area (Å²) < 4.78 is 29.2. The zero-order valence-corrected chi connectivity index (χ0v) is 19.8. The van der Waals surface area contributed by atoms with Gasteiger partial charge in [0.15, 0.2) is 11.5 Å². The standard InChI is InChI=1S/C25H31FN4O5/c1-33-14-2-9-27-24(31)25(32)28-16-21(18-3-8-22-23(15-18)35-17-34-22)30-12-10-29(11-13-30)20-6-4-19(26)5-7-20/h3-8,15,21H,2,9-14,16-17H2,1H3,(H,27,31)(H,28,32). The summed E-state index contributed by atoms with van der Waals surface area (Å²) in [5.41, 5.74) is 1.94. The van der Waals surface area contributed by atoms with Crippen molar-refractivity contribution in [3.05, 3.63) is 53.8 Å². The number of ether oxygens (including phenoxy) is 3. The highest BCUT2D eigenvalue weighted by molar-refractivity contribution is 6.35. The van der Waals surface area contributed by atoms with Gasteiger partial charge in [0.05, 0.1) is 6.04 Å². The maximum absolute atomic E-state index is 13.3. The van der Waals surface area contributed by atoms with E-state index in [1.54, 1.807) is 19.2 Å².